The molecule has 1 aliphatic heterocycles. The molecule has 0 saturated heterocycles. The maximum Gasteiger partial charge on any atom is 0.153 e. The van der Waals surface area contributed by atoms with E-state index in [0.29, 0.717) is 11.3 Å². The normalized spacial score (nSPS) is 18.7. The van der Waals surface area contributed by atoms with Gasteiger partial charge in [-0.05, 0) is 49.2 Å². The number of nitrogens with zero attached hydrogens (tertiary/aromatic N) is 2. The molecule has 1 atom stereocenters. The van der Waals surface area contributed by atoms with E-state index in [0.717, 1.165) is 24.1 Å². The third kappa shape index (κ3) is 4.15. The van der Waals surface area contributed by atoms with Gasteiger partial charge in [-0.2, -0.15) is 0 Å². The zero-order valence-electron chi connectivity index (χ0n) is 15.1. The number of aromatic nitrogens is 1. The summed E-state index contributed by atoms with van der Waals surface area (Å²) in [6.45, 7) is 0. The number of hydrogen-bond acceptors (Lipinski definition) is 5. The minimum absolute atomic E-state index is 0.0750. The average molecular weight is 377 g/mol. The van der Waals surface area contributed by atoms with Crippen molar-refractivity contribution in [2.45, 2.75) is 19.1 Å². The van der Waals surface area contributed by atoms with Crippen LogP contribution in [-0.2, 0) is 0 Å². The fourth-order valence-corrected chi connectivity index (χ4v) is 2.85. The number of hydrogen-bond donors (Lipinski definition) is 4. The molecule has 0 radical (unpaired) electrons. The van der Waals surface area contributed by atoms with Crippen LogP contribution in [0.4, 0.5) is 15.8 Å². The van der Waals surface area contributed by atoms with Crippen LogP contribution in [0.5, 0.6) is 0 Å². The summed E-state index contributed by atoms with van der Waals surface area (Å²) in [7, 11) is 0. The van der Waals surface area contributed by atoms with Crippen molar-refractivity contribution in [2.75, 3.05) is 10.6 Å². The van der Waals surface area contributed by atoms with E-state index in [9.17, 15) is 9.50 Å². The van der Waals surface area contributed by atoms with Crippen LogP contribution in [0.1, 0.15) is 18.5 Å². The highest BCUT2D eigenvalue weighted by molar-refractivity contribution is 6.21. The van der Waals surface area contributed by atoms with Crippen LogP contribution in [-0.4, -0.2) is 28.4 Å². The van der Waals surface area contributed by atoms with E-state index < -0.39 is 12.0 Å². The maximum atomic E-state index is 14.2. The molecule has 7 heteroatoms. The quantitative estimate of drug-likeness (QED) is 0.576. The van der Waals surface area contributed by atoms with Crippen molar-refractivity contribution in [2.24, 2.45) is 10.9 Å². The zero-order valence-corrected chi connectivity index (χ0v) is 15.1. The number of benzene rings is 1. The Balaban J connectivity index is 1.53. The van der Waals surface area contributed by atoms with E-state index in [1.807, 2.05) is 18.2 Å². The Bertz CT molecular complexity index is 980. The van der Waals surface area contributed by atoms with E-state index in [4.69, 9.17) is 5.41 Å². The molecule has 1 aliphatic carbocycles. The molecule has 142 valence electrons. The summed E-state index contributed by atoms with van der Waals surface area (Å²) in [5, 5.41) is 23.9. The number of allylic oxidation sites excluding steroid dienone is 1. The molecule has 1 saturated carbocycles. The molecule has 1 unspecified atom stereocenters. The van der Waals surface area contributed by atoms with Crippen molar-refractivity contribution >= 4 is 29.0 Å². The Kier molecular flexibility index (Phi) is 4.99. The molecule has 2 aliphatic rings. The van der Waals surface area contributed by atoms with Crippen molar-refractivity contribution in [3.8, 4) is 0 Å². The summed E-state index contributed by atoms with van der Waals surface area (Å²) in [5.41, 5.74) is 2.90. The summed E-state index contributed by atoms with van der Waals surface area (Å²) < 4.78 is 14.2. The molecule has 1 aromatic heterocycles. The largest absolute Gasteiger partial charge is 0.374 e. The Morgan fingerprint density at radius 2 is 2.11 bits per heavy atom. The fourth-order valence-electron chi connectivity index (χ4n) is 2.85. The lowest BCUT2D eigenvalue weighted by molar-refractivity contribution is 0.180. The third-order valence-electron chi connectivity index (χ3n) is 4.61. The first kappa shape index (κ1) is 18.1. The monoisotopic (exact) mass is 377 g/mol. The SMILES string of the molecule is N=C1N=CC(c2ccccn2)=C/C1=C/Nc1cc(NC(O)C2CC2)ccc1F. The van der Waals surface area contributed by atoms with Gasteiger partial charge in [-0.1, -0.05) is 6.07 Å². The molecule has 4 rings (SSSR count). The van der Waals surface area contributed by atoms with E-state index >= 15 is 0 Å². The van der Waals surface area contributed by atoms with Crippen molar-refractivity contribution < 1.29 is 9.50 Å². The Labute approximate surface area is 162 Å². The van der Waals surface area contributed by atoms with Gasteiger partial charge in [-0.15, -0.1) is 0 Å². The van der Waals surface area contributed by atoms with E-state index in [2.05, 4.69) is 20.6 Å². The summed E-state index contributed by atoms with van der Waals surface area (Å²) in [6.07, 6.45) is 7.98. The van der Waals surface area contributed by atoms with Crippen LogP contribution < -0.4 is 10.6 Å². The molecule has 1 aromatic carbocycles. The van der Waals surface area contributed by atoms with Crippen LogP contribution in [0.15, 0.2) is 65.4 Å². The molecule has 6 nitrogen and oxygen atoms in total. The van der Waals surface area contributed by atoms with Crippen LogP contribution >= 0.6 is 0 Å². The van der Waals surface area contributed by atoms with Gasteiger partial charge in [0.15, 0.2) is 5.84 Å². The summed E-state index contributed by atoms with van der Waals surface area (Å²) in [6, 6.07) is 10.1. The second-order valence-corrected chi connectivity index (χ2v) is 6.79. The van der Waals surface area contributed by atoms with Gasteiger partial charge in [0, 0.05) is 41.4 Å². The lowest BCUT2D eigenvalue weighted by Crippen LogP contribution is -2.20. The summed E-state index contributed by atoms with van der Waals surface area (Å²) in [4.78, 5) is 8.37. The van der Waals surface area contributed by atoms with Crippen LogP contribution in [0, 0.1) is 17.1 Å². The van der Waals surface area contributed by atoms with Gasteiger partial charge in [0.25, 0.3) is 0 Å². The highest BCUT2D eigenvalue weighted by Gasteiger charge is 2.29. The van der Waals surface area contributed by atoms with Crippen LogP contribution in [0.2, 0.25) is 0 Å². The second-order valence-electron chi connectivity index (χ2n) is 6.79. The third-order valence-corrected chi connectivity index (χ3v) is 4.61. The molecule has 1 fully saturated rings. The smallest absolute Gasteiger partial charge is 0.153 e. The van der Waals surface area contributed by atoms with Crippen molar-refractivity contribution in [3.63, 3.8) is 0 Å². The number of rotatable bonds is 6. The summed E-state index contributed by atoms with van der Waals surface area (Å²) >= 11 is 0. The van der Waals surface area contributed by atoms with Gasteiger partial charge in [0.1, 0.15) is 12.0 Å². The molecule has 0 amide bonds. The van der Waals surface area contributed by atoms with Crippen molar-refractivity contribution in [1.29, 1.82) is 5.41 Å². The highest BCUT2D eigenvalue weighted by Crippen LogP contribution is 2.33. The Hall–Kier alpha value is -3.32. The molecule has 28 heavy (non-hydrogen) atoms. The minimum atomic E-state index is -0.624. The highest BCUT2D eigenvalue weighted by atomic mass is 19.1. The number of halogens is 1. The van der Waals surface area contributed by atoms with E-state index in [1.54, 1.807) is 36.8 Å². The Morgan fingerprint density at radius 1 is 1.25 bits per heavy atom. The second kappa shape index (κ2) is 7.74. The van der Waals surface area contributed by atoms with Gasteiger partial charge in [0.05, 0.1) is 11.4 Å². The lowest BCUT2D eigenvalue weighted by atomic mass is 10.1. The molecule has 2 aromatic rings. The average Bonchev–Trinajstić information content (AvgIpc) is 3.55. The van der Waals surface area contributed by atoms with Gasteiger partial charge < -0.3 is 15.7 Å². The number of aliphatic hydroxyl groups is 1. The van der Waals surface area contributed by atoms with E-state index in [1.165, 1.54) is 6.07 Å². The fraction of sp³-hybridized carbons (Fsp3) is 0.190. The number of anilines is 2. The topological polar surface area (TPSA) is 93.4 Å². The van der Waals surface area contributed by atoms with Crippen molar-refractivity contribution in [3.05, 3.63) is 72.0 Å². The van der Waals surface area contributed by atoms with Gasteiger partial charge in [-0.25, -0.2) is 9.38 Å². The minimum Gasteiger partial charge on any atom is -0.374 e. The number of aliphatic imine (C=N–C) groups is 1. The number of aliphatic hydroxyl groups excluding tert-OH is 1. The standard InChI is InChI=1S/C21H20FN5O/c22-17-7-6-16(27-21(28)13-4-5-13)10-19(17)25-12-15-9-14(11-26-20(15)23)18-3-1-2-8-24-18/h1-3,6-13,21,23,25,27-28H,4-5H2/b15-12-,23-20?. The number of dihydropyridines is 1. The zero-order chi connectivity index (χ0) is 19.5. The molecule has 0 bridgehead atoms. The van der Waals surface area contributed by atoms with E-state index in [-0.39, 0.29) is 17.4 Å². The summed E-state index contributed by atoms with van der Waals surface area (Å²) in [5.74, 6) is -0.0894. The van der Waals surface area contributed by atoms with Gasteiger partial charge in [-0.3, -0.25) is 10.4 Å². The number of nitrogens with one attached hydrogen (secondary N) is 3. The number of amidine groups is 1. The molecular formula is C21H20FN5O. The van der Waals surface area contributed by atoms with Crippen LogP contribution in [0.25, 0.3) is 5.57 Å². The first-order valence-electron chi connectivity index (χ1n) is 9.07. The maximum absolute atomic E-state index is 14.2. The Morgan fingerprint density at radius 3 is 2.86 bits per heavy atom. The molecular weight excluding hydrogens is 357 g/mol. The predicted molar refractivity (Wildman–Crippen MR) is 109 cm³/mol. The molecule has 4 N–H and O–H groups in total. The van der Waals surface area contributed by atoms with Crippen LogP contribution in [0.3, 0.4) is 0 Å². The molecule has 2 heterocycles. The molecule has 0 spiro atoms. The van der Waals surface area contributed by atoms with Crippen molar-refractivity contribution in [1.82, 2.24) is 4.98 Å². The predicted octanol–water partition coefficient (Wildman–Crippen LogP) is 3.80. The number of pyridine rings is 1. The van der Waals surface area contributed by atoms with Gasteiger partial charge >= 0.3 is 0 Å². The first-order valence-corrected chi connectivity index (χ1v) is 9.07. The lowest BCUT2D eigenvalue weighted by Gasteiger charge is -2.15. The van der Waals surface area contributed by atoms with Gasteiger partial charge in [0.2, 0.25) is 0 Å². The first-order chi connectivity index (χ1) is 13.6.